The first-order valence-electron chi connectivity index (χ1n) is 10.8. The number of hydrogen-bond donors (Lipinski definition) is 3. The van der Waals surface area contributed by atoms with Crippen LogP contribution in [0.25, 0.3) is 11.8 Å². The van der Waals surface area contributed by atoms with Gasteiger partial charge in [-0.15, -0.1) is 5.10 Å². The van der Waals surface area contributed by atoms with E-state index < -0.39 is 23.8 Å². The number of benzene rings is 2. The van der Waals surface area contributed by atoms with Crippen LogP contribution in [0, 0.1) is 0 Å². The van der Waals surface area contributed by atoms with Crippen molar-refractivity contribution in [3.05, 3.63) is 71.0 Å². The molecule has 3 aromatic rings. The first-order chi connectivity index (χ1) is 17.0. The number of carbonyl (C=O) groups is 3. The maximum atomic E-state index is 13.0. The Morgan fingerprint density at radius 2 is 1.89 bits per heavy atom. The molecule has 0 radical (unpaired) electrons. The molecule has 12 heteroatoms. The molecule has 188 valence electrons. The second kappa shape index (κ2) is 11.8. The number of carbonyl (C=O) groups excluding carboxylic acids is 2. The van der Waals surface area contributed by atoms with Crippen molar-refractivity contribution in [3.8, 4) is 5.69 Å². The number of tetrazole rings is 1. The normalized spacial score (nSPS) is 12.3. The fourth-order valence-electron chi connectivity index (χ4n) is 2.97. The number of carboxylic acids is 1. The first-order valence-corrected chi connectivity index (χ1v) is 12.2. The Kier molecular flexibility index (Phi) is 8.83. The predicted molar refractivity (Wildman–Crippen MR) is 139 cm³/mol. The molecule has 0 fully saturated rings. The standard InChI is InChI=1S/C24H25ClN6O4S/c1-24(2,3)36-13-19(22(33)27-18-8-4-15(5-9-18)23(34)35)28-21(32)11-6-16-12-17(25)7-10-20(16)31-14-26-29-30-31/h4-12,14,19H,13H2,1-3H3,(H,27,33)(H,28,32)(H,34,35)/t19-/m0/s1. The highest BCUT2D eigenvalue weighted by atomic mass is 35.5. The van der Waals surface area contributed by atoms with Gasteiger partial charge in [0.2, 0.25) is 11.8 Å². The van der Waals surface area contributed by atoms with Gasteiger partial charge in [-0.25, -0.2) is 4.79 Å². The fourth-order valence-corrected chi connectivity index (χ4v) is 4.05. The number of aromatic carboxylic acids is 1. The molecule has 10 nitrogen and oxygen atoms in total. The Morgan fingerprint density at radius 1 is 1.17 bits per heavy atom. The Bertz CT molecular complexity index is 1260. The molecule has 0 saturated carbocycles. The van der Waals surface area contributed by atoms with Gasteiger partial charge in [0.05, 0.1) is 11.3 Å². The molecule has 0 spiro atoms. The van der Waals surface area contributed by atoms with E-state index in [4.69, 9.17) is 16.7 Å². The molecule has 1 atom stereocenters. The van der Waals surface area contributed by atoms with Crippen LogP contribution in [0.5, 0.6) is 0 Å². The van der Waals surface area contributed by atoms with Crippen molar-refractivity contribution in [1.82, 2.24) is 25.5 Å². The van der Waals surface area contributed by atoms with E-state index in [1.54, 1.807) is 24.3 Å². The lowest BCUT2D eigenvalue weighted by atomic mass is 10.1. The van der Waals surface area contributed by atoms with Crippen molar-refractivity contribution in [1.29, 1.82) is 0 Å². The minimum Gasteiger partial charge on any atom is -0.478 e. The van der Waals surface area contributed by atoms with E-state index in [1.165, 1.54) is 53.1 Å². The highest BCUT2D eigenvalue weighted by Gasteiger charge is 2.23. The van der Waals surface area contributed by atoms with Crippen molar-refractivity contribution in [2.24, 2.45) is 0 Å². The van der Waals surface area contributed by atoms with Gasteiger partial charge < -0.3 is 15.7 Å². The highest BCUT2D eigenvalue weighted by molar-refractivity contribution is 8.00. The second-order valence-corrected chi connectivity index (χ2v) is 10.9. The monoisotopic (exact) mass is 528 g/mol. The van der Waals surface area contributed by atoms with Crippen LogP contribution in [0.2, 0.25) is 5.02 Å². The summed E-state index contributed by atoms with van der Waals surface area (Å²) in [6.45, 7) is 6.04. The minimum atomic E-state index is -1.06. The summed E-state index contributed by atoms with van der Waals surface area (Å²) in [5.74, 6) is -1.63. The summed E-state index contributed by atoms with van der Waals surface area (Å²) in [5, 5.41) is 26.1. The Labute approximate surface area is 217 Å². The number of aromatic nitrogens is 4. The highest BCUT2D eigenvalue weighted by Crippen LogP contribution is 2.24. The van der Waals surface area contributed by atoms with Crippen LogP contribution in [0.1, 0.15) is 36.7 Å². The summed E-state index contributed by atoms with van der Waals surface area (Å²) in [7, 11) is 0. The quantitative estimate of drug-likeness (QED) is 0.357. The second-order valence-electron chi connectivity index (χ2n) is 8.65. The van der Waals surface area contributed by atoms with Gasteiger partial charge >= 0.3 is 5.97 Å². The average Bonchev–Trinajstić information content (AvgIpc) is 3.35. The van der Waals surface area contributed by atoms with Gasteiger partial charge in [-0.1, -0.05) is 32.4 Å². The van der Waals surface area contributed by atoms with E-state index in [1.807, 2.05) is 20.8 Å². The third kappa shape index (κ3) is 7.92. The fraction of sp³-hybridized carbons (Fsp3) is 0.250. The largest absolute Gasteiger partial charge is 0.478 e. The molecule has 0 unspecified atom stereocenters. The molecule has 3 N–H and O–H groups in total. The molecule has 2 amide bonds. The maximum absolute atomic E-state index is 13.0. The summed E-state index contributed by atoms with van der Waals surface area (Å²) >= 11 is 7.65. The van der Waals surface area contributed by atoms with Crippen molar-refractivity contribution in [2.45, 2.75) is 31.6 Å². The van der Waals surface area contributed by atoms with Gasteiger partial charge in [-0.3, -0.25) is 9.59 Å². The van der Waals surface area contributed by atoms with E-state index in [-0.39, 0.29) is 10.3 Å². The van der Waals surface area contributed by atoms with E-state index in [9.17, 15) is 14.4 Å². The topological polar surface area (TPSA) is 139 Å². The third-order valence-corrected chi connectivity index (χ3v) is 6.32. The van der Waals surface area contributed by atoms with E-state index in [2.05, 4.69) is 26.2 Å². The number of halogens is 1. The Hall–Kier alpha value is -3.70. The third-order valence-electron chi connectivity index (χ3n) is 4.72. The van der Waals surface area contributed by atoms with Crippen molar-refractivity contribution >= 4 is 52.9 Å². The van der Waals surface area contributed by atoms with Crippen LogP contribution < -0.4 is 10.6 Å². The van der Waals surface area contributed by atoms with Gasteiger partial charge in [0.1, 0.15) is 12.4 Å². The molecular weight excluding hydrogens is 504 g/mol. The SMILES string of the molecule is CC(C)(C)SC[C@H](NC(=O)C=Cc1cc(Cl)ccc1-n1cnnn1)C(=O)Nc1ccc(C(=O)O)cc1. The molecule has 1 aromatic heterocycles. The molecule has 0 aliphatic carbocycles. The zero-order valence-electron chi connectivity index (χ0n) is 19.8. The first kappa shape index (κ1) is 26.9. The predicted octanol–water partition coefficient (Wildman–Crippen LogP) is 3.68. The molecule has 3 rings (SSSR count). The van der Waals surface area contributed by atoms with Gasteiger partial charge in [-0.05, 0) is 59.0 Å². The zero-order chi connectivity index (χ0) is 26.3. The number of nitrogens with zero attached hydrogens (tertiary/aromatic N) is 4. The number of thioether (sulfide) groups is 1. The van der Waals surface area contributed by atoms with E-state index in [0.717, 1.165) is 0 Å². The van der Waals surface area contributed by atoms with Gasteiger partial charge in [0, 0.05) is 32.8 Å². The lowest BCUT2D eigenvalue weighted by Crippen LogP contribution is -2.45. The summed E-state index contributed by atoms with van der Waals surface area (Å²) in [5.41, 5.74) is 1.75. The smallest absolute Gasteiger partial charge is 0.335 e. The number of rotatable bonds is 9. The molecule has 0 bridgehead atoms. The lowest BCUT2D eigenvalue weighted by Gasteiger charge is -2.23. The molecule has 36 heavy (non-hydrogen) atoms. The maximum Gasteiger partial charge on any atom is 0.335 e. The number of nitrogens with one attached hydrogen (secondary N) is 2. The number of carboxylic acid groups (broad SMARTS) is 1. The van der Waals surface area contributed by atoms with Crippen molar-refractivity contribution in [2.75, 3.05) is 11.1 Å². The summed E-state index contributed by atoms with van der Waals surface area (Å²) in [6.07, 6.45) is 4.30. The van der Waals surface area contributed by atoms with Crippen LogP contribution in [0.4, 0.5) is 5.69 Å². The number of amides is 2. The van der Waals surface area contributed by atoms with Gasteiger partial charge in [0.25, 0.3) is 0 Å². The van der Waals surface area contributed by atoms with Gasteiger partial charge in [-0.2, -0.15) is 16.4 Å². The van der Waals surface area contributed by atoms with Crippen LogP contribution in [-0.2, 0) is 9.59 Å². The lowest BCUT2D eigenvalue weighted by molar-refractivity contribution is -0.123. The zero-order valence-corrected chi connectivity index (χ0v) is 21.4. The van der Waals surface area contributed by atoms with Crippen LogP contribution in [0.15, 0.2) is 54.9 Å². The van der Waals surface area contributed by atoms with Crippen LogP contribution in [-0.4, -0.2) is 59.6 Å². The summed E-state index contributed by atoms with van der Waals surface area (Å²) in [6, 6.07) is 10.0. The van der Waals surface area contributed by atoms with Gasteiger partial charge in [0.15, 0.2) is 0 Å². The molecular formula is C24H25ClN6O4S. The number of anilines is 1. The summed E-state index contributed by atoms with van der Waals surface area (Å²) in [4.78, 5) is 36.8. The summed E-state index contributed by atoms with van der Waals surface area (Å²) < 4.78 is 1.31. The Balaban J connectivity index is 1.75. The van der Waals surface area contributed by atoms with Crippen LogP contribution >= 0.6 is 23.4 Å². The minimum absolute atomic E-state index is 0.105. The molecule has 1 heterocycles. The molecule has 0 aliphatic rings. The number of hydrogen-bond acceptors (Lipinski definition) is 7. The van der Waals surface area contributed by atoms with Crippen LogP contribution in [0.3, 0.4) is 0 Å². The molecule has 2 aromatic carbocycles. The average molecular weight is 529 g/mol. The molecule has 0 aliphatic heterocycles. The van der Waals surface area contributed by atoms with Crippen molar-refractivity contribution < 1.29 is 19.5 Å². The van der Waals surface area contributed by atoms with E-state index >= 15 is 0 Å². The van der Waals surface area contributed by atoms with Crippen molar-refractivity contribution in [3.63, 3.8) is 0 Å². The van der Waals surface area contributed by atoms with E-state index in [0.29, 0.717) is 27.7 Å². The Morgan fingerprint density at radius 3 is 2.50 bits per heavy atom. The molecule has 0 saturated heterocycles.